The van der Waals surface area contributed by atoms with Crippen LogP contribution < -0.4 is 16.1 Å². The van der Waals surface area contributed by atoms with Gasteiger partial charge in [0.15, 0.2) is 0 Å². The number of aromatic amines is 2. The summed E-state index contributed by atoms with van der Waals surface area (Å²) in [4.78, 5) is 25.4. The number of aliphatic hydroxyl groups is 2. The van der Waals surface area contributed by atoms with Crippen molar-refractivity contribution in [1.29, 1.82) is 0 Å². The molecule has 1 aliphatic rings. The molecule has 1 saturated heterocycles. The Morgan fingerprint density at radius 1 is 1.27 bits per heavy atom. The quantitative estimate of drug-likeness (QED) is 0.395. The molecule has 8 heteroatoms. The van der Waals surface area contributed by atoms with Crippen LogP contribution in [0.3, 0.4) is 0 Å². The summed E-state index contributed by atoms with van der Waals surface area (Å²) in [5.41, 5.74) is -1.33. The number of hydrogen-bond acceptors (Lipinski definition) is 6. The molecule has 2 unspecified atom stereocenters. The monoisotopic (exact) mass is 214 g/mol. The maximum atomic E-state index is 11.3. The molecule has 0 aliphatic carbocycles. The smallest absolute Gasteiger partial charge is 0.342 e. The SMILES string of the molecule is O=c1[nH]nc(N2CC(O)C(O)C2)c(=O)[nH]1. The fourth-order valence-corrected chi connectivity index (χ4v) is 1.50. The van der Waals surface area contributed by atoms with E-state index in [0.29, 0.717) is 0 Å². The molecule has 8 nitrogen and oxygen atoms in total. The Morgan fingerprint density at radius 2 is 1.87 bits per heavy atom. The third kappa shape index (κ3) is 1.76. The van der Waals surface area contributed by atoms with Crippen molar-refractivity contribution in [2.24, 2.45) is 0 Å². The second-order valence-electron chi connectivity index (χ2n) is 3.37. The van der Waals surface area contributed by atoms with Gasteiger partial charge in [0.2, 0.25) is 5.82 Å². The van der Waals surface area contributed by atoms with Gasteiger partial charge in [-0.15, -0.1) is 5.10 Å². The fourth-order valence-electron chi connectivity index (χ4n) is 1.50. The normalized spacial score (nSPS) is 25.9. The number of nitrogens with one attached hydrogen (secondary N) is 2. The van der Waals surface area contributed by atoms with Gasteiger partial charge in [-0.2, -0.15) is 0 Å². The van der Waals surface area contributed by atoms with E-state index in [2.05, 4.69) is 10.2 Å². The van der Waals surface area contributed by atoms with Gasteiger partial charge in [-0.25, -0.2) is 9.89 Å². The third-order valence-corrected chi connectivity index (χ3v) is 2.25. The van der Waals surface area contributed by atoms with Gasteiger partial charge < -0.3 is 15.1 Å². The van der Waals surface area contributed by atoms with Crippen LogP contribution in [-0.4, -0.2) is 50.7 Å². The first kappa shape index (κ1) is 9.87. The minimum Gasteiger partial charge on any atom is -0.389 e. The minimum absolute atomic E-state index is 0.00907. The molecule has 1 aliphatic heterocycles. The molecule has 0 spiro atoms. The van der Waals surface area contributed by atoms with Gasteiger partial charge in [0, 0.05) is 13.1 Å². The van der Waals surface area contributed by atoms with Crippen LogP contribution in [-0.2, 0) is 0 Å². The number of β-amino-alcohol motifs (C(OH)–C–C–N with tert-alkyl or cyclic N) is 2. The number of H-pyrrole nitrogens is 2. The average molecular weight is 214 g/mol. The van der Waals surface area contributed by atoms with Crippen molar-refractivity contribution in [3.8, 4) is 0 Å². The standard InChI is InChI=1S/C7H10N4O4/c12-3-1-11(2-4(3)13)5-6(14)8-7(15)10-9-5/h3-4,12-13H,1-2H2,(H2,8,10,14,15). The van der Waals surface area contributed by atoms with E-state index in [9.17, 15) is 19.8 Å². The van der Waals surface area contributed by atoms with Crippen molar-refractivity contribution in [3.05, 3.63) is 20.8 Å². The number of rotatable bonds is 1. The lowest BCUT2D eigenvalue weighted by Gasteiger charge is -2.13. The van der Waals surface area contributed by atoms with E-state index in [4.69, 9.17) is 0 Å². The molecular formula is C7H10N4O4. The Kier molecular flexibility index (Phi) is 2.29. The van der Waals surface area contributed by atoms with Crippen LogP contribution in [0, 0.1) is 0 Å². The molecule has 1 fully saturated rings. The van der Waals surface area contributed by atoms with Crippen LogP contribution in [0.15, 0.2) is 9.59 Å². The van der Waals surface area contributed by atoms with Crippen LogP contribution >= 0.6 is 0 Å². The summed E-state index contributed by atoms with van der Waals surface area (Å²) in [6.45, 7) is 0.229. The largest absolute Gasteiger partial charge is 0.389 e. The predicted octanol–water partition coefficient (Wildman–Crippen LogP) is -3.00. The number of nitrogens with zero attached hydrogens (tertiary/aromatic N) is 2. The molecule has 0 saturated carbocycles. The highest BCUT2D eigenvalue weighted by atomic mass is 16.3. The van der Waals surface area contributed by atoms with Gasteiger partial charge in [0.25, 0.3) is 5.56 Å². The van der Waals surface area contributed by atoms with Gasteiger partial charge in [-0.1, -0.05) is 0 Å². The summed E-state index contributed by atoms with van der Waals surface area (Å²) in [5.74, 6) is -0.00907. The molecule has 2 rings (SSSR count). The van der Waals surface area contributed by atoms with E-state index >= 15 is 0 Å². The Labute approximate surface area is 83.2 Å². The summed E-state index contributed by atoms with van der Waals surface area (Å²) < 4.78 is 0. The van der Waals surface area contributed by atoms with Crippen molar-refractivity contribution >= 4 is 5.82 Å². The number of anilines is 1. The molecule has 0 aromatic carbocycles. The summed E-state index contributed by atoms with van der Waals surface area (Å²) in [7, 11) is 0. The highest BCUT2D eigenvalue weighted by Gasteiger charge is 2.31. The molecule has 0 amide bonds. The minimum atomic E-state index is -0.905. The summed E-state index contributed by atoms with van der Waals surface area (Å²) >= 11 is 0. The lowest BCUT2D eigenvalue weighted by Crippen LogP contribution is -2.34. The molecule has 0 radical (unpaired) electrons. The molecule has 82 valence electrons. The zero-order chi connectivity index (χ0) is 11.0. The van der Waals surface area contributed by atoms with E-state index < -0.39 is 23.5 Å². The van der Waals surface area contributed by atoms with Crippen molar-refractivity contribution in [2.45, 2.75) is 12.2 Å². The van der Waals surface area contributed by atoms with Crippen LogP contribution in [0.4, 0.5) is 5.82 Å². The molecule has 1 aromatic heterocycles. The van der Waals surface area contributed by atoms with E-state index in [1.54, 1.807) is 0 Å². The number of hydrogen-bond donors (Lipinski definition) is 4. The molecule has 2 atom stereocenters. The first-order chi connectivity index (χ1) is 7.08. The lowest BCUT2D eigenvalue weighted by molar-refractivity contribution is 0.0572. The second kappa shape index (κ2) is 3.48. The van der Waals surface area contributed by atoms with Gasteiger partial charge in [0.05, 0.1) is 12.2 Å². The Morgan fingerprint density at radius 3 is 2.40 bits per heavy atom. The maximum absolute atomic E-state index is 11.3. The van der Waals surface area contributed by atoms with Crippen LogP contribution in [0.2, 0.25) is 0 Å². The third-order valence-electron chi connectivity index (χ3n) is 2.25. The zero-order valence-electron chi connectivity index (χ0n) is 7.67. The van der Waals surface area contributed by atoms with Crippen molar-refractivity contribution < 1.29 is 10.2 Å². The number of aromatic nitrogens is 3. The summed E-state index contributed by atoms with van der Waals surface area (Å²) in [6.07, 6.45) is -1.81. The van der Waals surface area contributed by atoms with Gasteiger partial charge in [-0.05, 0) is 0 Å². The van der Waals surface area contributed by atoms with Crippen molar-refractivity contribution in [2.75, 3.05) is 18.0 Å². The molecule has 0 bridgehead atoms. The molecular weight excluding hydrogens is 204 g/mol. The Hall–Kier alpha value is -1.67. The van der Waals surface area contributed by atoms with Gasteiger partial charge in [-0.3, -0.25) is 9.78 Å². The van der Waals surface area contributed by atoms with Crippen LogP contribution in [0.5, 0.6) is 0 Å². The molecule has 2 heterocycles. The lowest BCUT2D eigenvalue weighted by atomic mass is 10.3. The van der Waals surface area contributed by atoms with E-state index in [-0.39, 0.29) is 18.9 Å². The van der Waals surface area contributed by atoms with Crippen LogP contribution in [0.1, 0.15) is 0 Å². The molecule has 15 heavy (non-hydrogen) atoms. The first-order valence-corrected chi connectivity index (χ1v) is 4.38. The van der Waals surface area contributed by atoms with Crippen LogP contribution in [0.25, 0.3) is 0 Å². The average Bonchev–Trinajstić information content (AvgIpc) is 2.46. The Balaban J connectivity index is 2.32. The van der Waals surface area contributed by atoms with Crippen molar-refractivity contribution in [1.82, 2.24) is 15.2 Å². The highest BCUT2D eigenvalue weighted by molar-refractivity contribution is 5.36. The highest BCUT2D eigenvalue weighted by Crippen LogP contribution is 2.13. The second-order valence-corrected chi connectivity index (χ2v) is 3.37. The fraction of sp³-hybridized carbons (Fsp3) is 0.571. The number of aliphatic hydroxyl groups excluding tert-OH is 2. The maximum Gasteiger partial charge on any atom is 0.342 e. The van der Waals surface area contributed by atoms with E-state index in [0.717, 1.165) is 0 Å². The molecule has 4 N–H and O–H groups in total. The topological polar surface area (TPSA) is 122 Å². The van der Waals surface area contributed by atoms with E-state index in [1.807, 2.05) is 4.98 Å². The summed E-state index contributed by atoms with van der Waals surface area (Å²) in [5, 5.41) is 24.2. The van der Waals surface area contributed by atoms with Gasteiger partial charge >= 0.3 is 5.69 Å². The van der Waals surface area contributed by atoms with Crippen molar-refractivity contribution in [3.63, 3.8) is 0 Å². The zero-order valence-corrected chi connectivity index (χ0v) is 7.67. The molecule has 1 aromatic rings. The van der Waals surface area contributed by atoms with Gasteiger partial charge in [0.1, 0.15) is 0 Å². The first-order valence-electron chi connectivity index (χ1n) is 4.38. The Bertz CT molecular complexity index is 457. The summed E-state index contributed by atoms with van der Waals surface area (Å²) in [6, 6.07) is 0. The van der Waals surface area contributed by atoms with E-state index in [1.165, 1.54) is 4.90 Å². The predicted molar refractivity (Wildman–Crippen MR) is 49.7 cm³/mol.